The van der Waals surface area contributed by atoms with Gasteiger partial charge in [0.05, 0.1) is 11.4 Å². The molecule has 0 aliphatic carbocycles. The van der Waals surface area contributed by atoms with Gasteiger partial charge in [0, 0.05) is 16.5 Å². The van der Waals surface area contributed by atoms with Gasteiger partial charge >= 0.3 is 0 Å². The Balaban J connectivity index is 2.22. The number of nitrogens with zero attached hydrogens (tertiary/aromatic N) is 1. The summed E-state index contributed by atoms with van der Waals surface area (Å²) < 4.78 is 27.0. The van der Waals surface area contributed by atoms with Gasteiger partial charge in [0.15, 0.2) is 0 Å². The fourth-order valence-corrected chi connectivity index (χ4v) is 3.32. The number of sulfonamides is 1. The summed E-state index contributed by atoms with van der Waals surface area (Å²) in [7, 11) is 0.496. The van der Waals surface area contributed by atoms with Gasteiger partial charge < -0.3 is 10.6 Å². The van der Waals surface area contributed by atoms with Gasteiger partial charge in [-0.3, -0.25) is 4.72 Å². The molecule has 114 valence electrons. The third-order valence-electron chi connectivity index (χ3n) is 3.24. The molecule has 5 nitrogen and oxygen atoms in total. The van der Waals surface area contributed by atoms with Crippen molar-refractivity contribution in [2.45, 2.75) is 6.42 Å². The fraction of sp³-hybridized carbons (Fsp3) is 0.333. The Morgan fingerprint density at radius 2 is 1.76 bits per heavy atom. The largest absolute Gasteiger partial charge is 0.398 e. The molecule has 0 heterocycles. The molecule has 0 fully saturated rings. The van der Waals surface area contributed by atoms with Crippen molar-refractivity contribution in [1.82, 2.24) is 4.90 Å². The average Bonchev–Trinajstić information content (AvgIpc) is 2.41. The first-order valence-electron chi connectivity index (χ1n) is 6.81. The number of hydrogen-bond acceptors (Lipinski definition) is 4. The highest BCUT2D eigenvalue weighted by atomic mass is 32.2. The van der Waals surface area contributed by atoms with Gasteiger partial charge in [-0.2, -0.15) is 0 Å². The van der Waals surface area contributed by atoms with Gasteiger partial charge in [0.1, 0.15) is 0 Å². The summed E-state index contributed by atoms with van der Waals surface area (Å²) in [5.41, 5.74) is 7.13. The zero-order chi connectivity index (χ0) is 15.5. The molecule has 2 aromatic carbocycles. The molecule has 0 bridgehead atoms. The molecular formula is C15H21N3O2S. The van der Waals surface area contributed by atoms with Crippen LogP contribution in [0, 0.1) is 0 Å². The summed E-state index contributed by atoms with van der Waals surface area (Å²) in [4.78, 5) is 1.97. The molecule has 0 radical (unpaired) electrons. The van der Waals surface area contributed by atoms with Crippen LogP contribution in [0.25, 0.3) is 10.8 Å². The topological polar surface area (TPSA) is 75.4 Å². The monoisotopic (exact) mass is 307 g/mol. The van der Waals surface area contributed by atoms with E-state index in [1.807, 2.05) is 43.3 Å². The van der Waals surface area contributed by atoms with Crippen molar-refractivity contribution in [2.24, 2.45) is 0 Å². The lowest BCUT2D eigenvalue weighted by molar-refractivity contribution is 0.408. The SMILES string of the molecule is CN(C)CCCS(=O)(=O)Nc1ccc(N)c2ccccc12. The molecule has 0 unspecified atom stereocenters. The molecule has 0 saturated carbocycles. The van der Waals surface area contributed by atoms with E-state index in [1.54, 1.807) is 12.1 Å². The predicted molar refractivity (Wildman–Crippen MR) is 88.9 cm³/mol. The highest BCUT2D eigenvalue weighted by Crippen LogP contribution is 2.28. The molecule has 0 aliphatic rings. The summed E-state index contributed by atoms with van der Waals surface area (Å²) in [5.74, 6) is 0.101. The molecule has 0 atom stereocenters. The molecule has 2 rings (SSSR count). The number of nitrogen functional groups attached to an aromatic ring is 1. The molecule has 3 N–H and O–H groups in total. The molecule has 0 spiro atoms. The van der Waals surface area contributed by atoms with E-state index in [9.17, 15) is 8.42 Å². The van der Waals surface area contributed by atoms with Crippen molar-refractivity contribution in [1.29, 1.82) is 0 Å². The minimum atomic E-state index is -3.35. The molecule has 0 aromatic heterocycles. The summed E-state index contributed by atoms with van der Waals surface area (Å²) in [6.07, 6.45) is 0.592. The average molecular weight is 307 g/mol. The third-order valence-corrected chi connectivity index (χ3v) is 4.60. The Morgan fingerprint density at radius 3 is 2.43 bits per heavy atom. The highest BCUT2D eigenvalue weighted by molar-refractivity contribution is 7.92. The van der Waals surface area contributed by atoms with E-state index in [0.717, 1.165) is 17.3 Å². The van der Waals surface area contributed by atoms with Crippen LogP contribution in [0.1, 0.15) is 6.42 Å². The summed E-state index contributed by atoms with van der Waals surface area (Å²) in [6.45, 7) is 0.739. The van der Waals surface area contributed by atoms with E-state index in [0.29, 0.717) is 17.8 Å². The van der Waals surface area contributed by atoms with E-state index in [2.05, 4.69) is 4.72 Å². The number of nitrogens with two attached hydrogens (primary N) is 1. The first kappa shape index (κ1) is 15.6. The molecule has 0 amide bonds. The van der Waals surface area contributed by atoms with Gasteiger partial charge in [-0.1, -0.05) is 24.3 Å². The Hall–Kier alpha value is -1.79. The molecule has 0 saturated heterocycles. The van der Waals surface area contributed by atoms with Gasteiger partial charge in [0.25, 0.3) is 0 Å². The summed E-state index contributed by atoms with van der Waals surface area (Å²) in [5, 5.41) is 1.67. The quantitative estimate of drug-likeness (QED) is 0.802. The molecule has 21 heavy (non-hydrogen) atoms. The van der Waals surface area contributed by atoms with Crippen LogP contribution >= 0.6 is 0 Å². The van der Waals surface area contributed by atoms with Crippen LogP contribution < -0.4 is 10.5 Å². The van der Waals surface area contributed by atoms with Crippen molar-refractivity contribution in [3.8, 4) is 0 Å². The van der Waals surface area contributed by atoms with Crippen LogP contribution in [0.5, 0.6) is 0 Å². The number of anilines is 2. The van der Waals surface area contributed by atoms with E-state index in [-0.39, 0.29) is 5.75 Å². The van der Waals surface area contributed by atoms with Crippen LogP contribution in [0.15, 0.2) is 36.4 Å². The van der Waals surface area contributed by atoms with Crippen LogP contribution in [0.2, 0.25) is 0 Å². The maximum atomic E-state index is 12.1. The summed E-state index contributed by atoms with van der Waals surface area (Å²) >= 11 is 0. The van der Waals surface area contributed by atoms with Crippen molar-refractivity contribution in [2.75, 3.05) is 36.8 Å². The molecule has 2 aromatic rings. The predicted octanol–water partition coefficient (Wildman–Crippen LogP) is 2.12. The highest BCUT2D eigenvalue weighted by Gasteiger charge is 2.13. The van der Waals surface area contributed by atoms with Crippen LogP contribution in [0.3, 0.4) is 0 Å². The minimum Gasteiger partial charge on any atom is -0.398 e. The molecular weight excluding hydrogens is 286 g/mol. The number of rotatable bonds is 6. The van der Waals surface area contributed by atoms with E-state index in [1.165, 1.54) is 0 Å². The van der Waals surface area contributed by atoms with Gasteiger partial charge in [-0.25, -0.2) is 8.42 Å². The number of nitrogens with one attached hydrogen (secondary N) is 1. The Labute approximate surface area is 125 Å². The van der Waals surface area contributed by atoms with Crippen LogP contribution in [-0.4, -0.2) is 39.7 Å². The van der Waals surface area contributed by atoms with Gasteiger partial charge in [-0.15, -0.1) is 0 Å². The first-order valence-corrected chi connectivity index (χ1v) is 8.47. The number of benzene rings is 2. The van der Waals surface area contributed by atoms with E-state index >= 15 is 0 Å². The zero-order valence-corrected chi connectivity index (χ0v) is 13.2. The van der Waals surface area contributed by atoms with E-state index in [4.69, 9.17) is 5.73 Å². The lowest BCUT2D eigenvalue weighted by Gasteiger charge is -2.13. The van der Waals surface area contributed by atoms with Gasteiger partial charge in [0.2, 0.25) is 10.0 Å². The second-order valence-corrected chi connectivity index (χ2v) is 7.17. The minimum absolute atomic E-state index is 0.101. The normalized spacial score (nSPS) is 12.0. The van der Waals surface area contributed by atoms with Crippen molar-refractivity contribution >= 4 is 32.2 Å². The number of hydrogen-bond donors (Lipinski definition) is 2. The zero-order valence-electron chi connectivity index (χ0n) is 12.3. The van der Waals surface area contributed by atoms with Crippen molar-refractivity contribution < 1.29 is 8.42 Å². The lowest BCUT2D eigenvalue weighted by Crippen LogP contribution is -2.21. The van der Waals surface area contributed by atoms with Crippen molar-refractivity contribution in [3.63, 3.8) is 0 Å². The lowest BCUT2D eigenvalue weighted by atomic mass is 10.1. The summed E-state index contributed by atoms with van der Waals surface area (Å²) in [6, 6.07) is 10.9. The Morgan fingerprint density at radius 1 is 1.10 bits per heavy atom. The van der Waals surface area contributed by atoms with Crippen molar-refractivity contribution in [3.05, 3.63) is 36.4 Å². The molecule has 6 heteroatoms. The third kappa shape index (κ3) is 4.09. The smallest absolute Gasteiger partial charge is 0.232 e. The van der Waals surface area contributed by atoms with Gasteiger partial charge in [-0.05, 0) is 39.2 Å². The Kier molecular flexibility index (Phi) is 4.69. The maximum absolute atomic E-state index is 12.1. The molecule has 0 aliphatic heterocycles. The second kappa shape index (κ2) is 6.32. The Bertz CT molecular complexity index is 727. The fourth-order valence-electron chi connectivity index (χ4n) is 2.20. The van der Waals surface area contributed by atoms with Crippen LogP contribution in [-0.2, 0) is 10.0 Å². The maximum Gasteiger partial charge on any atom is 0.232 e. The second-order valence-electron chi connectivity index (χ2n) is 5.33. The van der Waals surface area contributed by atoms with E-state index < -0.39 is 10.0 Å². The number of fused-ring (bicyclic) bond motifs is 1. The first-order chi connectivity index (χ1) is 9.89. The van der Waals surface area contributed by atoms with Crippen LogP contribution in [0.4, 0.5) is 11.4 Å². The standard InChI is InChI=1S/C15H21N3O2S/c1-18(2)10-5-11-21(19,20)17-15-9-8-14(16)12-6-3-4-7-13(12)15/h3-4,6-9,17H,5,10-11,16H2,1-2H3.